The van der Waals surface area contributed by atoms with Gasteiger partial charge in [0, 0.05) is 19.6 Å². The monoisotopic (exact) mass is 304 g/mol. The van der Waals surface area contributed by atoms with Crippen LogP contribution in [-0.2, 0) is 9.59 Å². The van der Waals surface area contributed by atoms with Crippen molar-refractivity contribution in [3.05, 3.63) is 0 Å². The van der Waals surface area contributed by atoms with E-state index in [1.807, 2.05) is 0 Å². The highest BCUT2D eigenvalue weighted by Crippen LogP contribution is 2.16. The van der Waals surface area contributed by atoms with Gasteiger partial charge in [0.15, 0.2) is 0 Å². The maximum atomic E-state index is 12.1. The molecule has 2 N–H and O–H groups in total. The summed E-state index contributed by atoms with van der Waals surface area (Å²) in [6, 6.07) is -0.490. The Morgan fingerprint density at radius 2 is 1.95 bits per heavy atom. The summed E-state index contributed by atoms with van der Waals surface area (Å²) in [5.41, 5.74) is -0.919. The minimum absolute atomic E-state index is 0. The van der Waals surface area contributed by atoms with Crippen molar-refractivity contribution in [2.24, 2.45) is 0 Å². The zero-order valence-corrected chi connectivity index (χ0v) is 12.6. The average molecular weight is 305 g/mol. The van der Waals surface area contributed by atoms with Gasteiger partial charge in [-0.25, -0.2) is 4.79 Å². The van der Waals surface area contributed by atoms with Crippen LogP contribution in [0.5, 0.6) is 0 Å². The fourth-order valence-corrected chi connectivity index (χ4v) is 2.29. The Morgan fingerprint density at radius 1 is 1.25 bits per heavy atom. The van der Waals surface area contributed by atoms with Crippen molar-refractivity contribution in [1.82, 2.24) is 20.4 Å². The van der Waals surface area contributed by atoms with Crippen LogP contribution in [0.3, 0.4) is 0 Å². The molecule has 8 heteroatoms. The van der Waals surface area contributed by atoms with Crippen molar-refractivity contribution in [2.45, 2.75) is 25.8 Å². The number of nitrogens with zero attached hydrogens (tertiary/aromatic N) is 2. The smallest absolute Gasteiger partial charge is 0.325 e. The fourth-order valence-electron chi connectivity index (χ4n) is 2.29. The molecule has 2 heterocycles. The highest BCUT2D eigenvalue weighted by atomic mass is 35.5. The number of carbonyl (C=O) groups is 3. The first kappa shape index (κ1) is 16.7. The Morgan fingerprint density at radius 3 is 2.55 bits per heavy atom. The lowest BCUT2D eigenvalue weighted by Gasteiger charge is -2.22. The number of urea groups is 1. The third-order valence-electron chi connectivity index (χ3n) is 3.43. The van der Waals surface area contributed by atoms with Gasteiger partial charge in [0.05, 0.1) is 0 Å². The van der Waals surface area contributed by atoms with Crippen LogP contribution in [0.1, 0.15) is 20.3 Å². The molecule has 2 aliphatic heterocycles. The molecule has 4 amide bonds. The molecular weight excluding hydrogens is 284 g/mol. The number of rotatable bonds is 2. The van der Waals surface area contributed by atoms with Gasteiger partial charge >= 0.3 is 6.03 Å². The maximum absolute atomic E-state index is 12.1. The molecule has 2 aliphatic rings. The molecular formula is C12H21ClN4O3. The molecule has 0 aliphatic carbocycles. The van der Waals surface area contributed by atoms with Gasteiger partial charge in [0.1, 0.15) is 12.1 Å². The average Bonchev–Trinajstić information content (AvgIpc) is 2.58. The zero-order chi connectivity index (χ0) is 14.0. The molecule has 2 rings (SSSR count). The van der Waals surface area contributed by atoms with E-state index in [0.29, 0.717) is 13.1 Å². The molecule has 0 aromatic carbocycles. The number of hydrogen-bond donors (Lipinski definition) is 2. The highest BCUT2D eigenvalue weighted by molar-refractivity contribution is 6.08. The number of halogens is 1. The first-order chi connectivity index (χ1) is 8.92. The van der Waals surface area contributed by atoms with E-state index in [0.717, 1.165) is 24.4 Å². The van der Waals surface area contributed by atoms with E-state index in [9.17, 15) is 14.4 Å². The Labute approximate surface area is 124 Å². The SMILES string of the molecule is CC1(C)NC(=O)N(CC(=O)N2CCCNCC2)C1=O.Cl. The van der Waals surface area contributed by atoms with Crippen LogP contribution in [0, 0.1) is 0 Å². The molecule has 0 unspecified atom stereocenters. The van der Waals surface area contributed by atoms with E-state index < -0.39 is 11.6 Å². The lowest BCUT2D eigenvalue weighted by Crippen LogP contribution is -2.45. The first-order valence-electron chi connectivity index (χ1n) is 6.54. The summed E-state index contributed by atoms with van der Waals surface area (Å²) in [6.07, 6.45) is 0.886. The predicted molar refractivity (Wildman–Crippen MR) is 75.6 cm³/mol. The molecule has 2 saturated heterocycles. The second-order valence-corrected chi connectivity index (χ2v) is 5.43. The van der Waals surface area contributed by atoms with Gasteiger partial charge in [-0.15, -0.1) is 12.4 Å². The van der Waals surface area contributed by atoms with Crippen LogP contribution in [0.2, 0.25) is 0 Å². The van der Waals surface area contributed by atoms with Crippen LogP contribution in [0.25, 0.3) is 0 Å². The molecule has 0 spiro atoms. The van der Waals surface area contributed by atoms with E-state index >= 15 is 0 Å². The highest BCUT2D eigenvalue weighted by Gasteiger charge is 2.45. The molecule has 0 bridgehead atoms. The number of nitrogens with one attached hydrogen (secondary N) is 2. The van der Waals surface area contributed by atoms with Crippen LogP contribution in [0.4, 0.5) is 4.79 Å². The quantitative estimate of drug-likeness (QED) is 0.678. The molecule has 20 heavy (non-hydrogen) atoms. The summed E-state index contributed by atoms with van der Waals surface area (Å²) >= 11 is 0. The van der Waals surface area contributed by atoms with Crippen molar-refractivity contribution in [2.75, 3.05) is 32.7 Å². The van der Waals surface area contributed by atoms with Crippen molar-refractivity contribution in [1.29, 1.82) is 0 Å². The van der Waals surface area contributed by atoms with Crippen LogP contribution in [-0.4, -0.2) is 65.9 Å². The van der Waals surface area contributed by atoms with E-state index in [2.05, 4.69) is 10.6 Å². The molecule has 0 atom stereocenters. The maximum Gasteiger partial charge on any atom is 0.325 e. The van der Waals surface area contributed by atoms with E-state index in [-0.39, 0.29) is 30.8 Å². The third kappa shape index (κ3) is 3.40. The third-order valence-corrected chi connectivity index (χ3v) is 3.43. The van der Waals surface area contributed by atoms with Gasteiger partial charge < -0.3 is 15.5 Å². The van der Waals surface area contributed by atoms with Gasteiger partial charge in [-0.3, -0.25) is 14.5 Å². The largest absolute Gasteiger partial charge is 0.340 e. The minimum Gasteiger partial charge on any atom is -0.340 e. The topological polar surface area (TPSA) is 81.8 Å². The molecule has 0 radical (unpaired) electrons. The molecule has 0 saturated carbocycles. The lowest BCUT2D eigenvalue weighted by atomic mass is 10.1. The van der Waals surface area contributed by atoms with E-state index in [1.54, 1.807) is 18.7 Å². The van der Waals surface area contributed by atoms with Gasteiger partial charge in [-0.1, -0.05) is 0 Å². The van der Waals surface area contributed by atoms with E-state index in [1.165, 1.54) is 0 Å². The van der Waals surface area contributed by atoms with Crippen LogP contribution >= 0.6 is 12.4 Å². The summed E-state index contributed by atoms with van der Waals surface area (Å²) in [6.45, 7) is 6.01. The summed E-state index contributed by atoms with van der Waals surface area (Å²) in [5.74, 6) is -0.524. The Kier molecular flexibility index (Phi) is 5.35. The second kappa shape index (κ2) is 6.41. The molecule has 0 aromatic rings. The summed E-state index contributed by atoms with van der Waals surface area (Å²) < 4.78 is 0. The van der Waals surface area contributed by atoms with Crippen molar-refractivity contribution in [3.63, 3.8) is 0 Å². The molecule has 0 aromatic heterocycles. The number of carbonyl (C=O) groups excluding carboxylic acids is 3. The molecule has 2 fully saturated rings. The van der Waals surface area contributed by atoms with Crippen molar-refractivity contribution in [3.8, 4) is 0 Å². The predicted octanol–water partition coefficient (Wildman–Crippen LogP) is -0.439. The minimum atomic E-state index is -0.919. The number of hydrogen-bond acceptors (Lipinski definition) is 4. The second-order valence-electron chi connectivity index (χ2n) is 5.43. The fraction of sp³-hybridized carbons (Fsp3) is 0.750. The van der Waals surface area contributed by atoms with Crippen molar-refractivity contribution < 1.29 is 14.4 Å². The summed E-state index contributed by atoms with van der Waals surface area (Å²) in [4.78, 5) is 38.5. The van der Waals surface area contributed by atoms with Gasteiger partial charge in [-0.2, -0.15) is 0 Å². The first-order valence-corrected chi connectivity index (χ1v) is 6.54. The lowest BCUT2D eigenvalue weighted by molar-refractivity contribution is -0.138. The molecule has 114 valence electrons. The van der Waals surface area contributed by atoms with Gasteiger partial charge in [0.25, 0.3) is 5.91 Å². The Bertz CT molecular complexity index is 406. The van der Waals surface area contributed by atoms with Crippen LogP contribution < -0.4 is 10.6 Å². The van der Waals surface area contributed by atoms with Gasteiger partial charge in [0.2, 0.25) is 5.91 Å². The number of amides is 4. The normalized spacial score (nSPS) is 22.1. The summed E-state index contributed by atoms with van der Waals surface area (Å²) in [7, 11) is 0. The van der Waals surface area contributed by atoms with Gasteiger partial charge in [-0.05, 0) is 26.8 Å². The Hall–Kier alpha value is -1.34. The summed E-state index contributed by atoms with van der Waals surface area (Å²) in [5, 5.41) is 5.77. The standard InChI is InChI=1S/C12H20N4O3.ClH/c1-12(2)10(18)16(11(19)14-12)8-9(17)15-6-3-4-13-5-7-15;/h13H,3-8H2,1-2H3,(H,14,19);1H. The number of imide groups is 1. The van der Waals surface area contributed by atoms with Crippen LogP contribution in [0.15, 0.2) is 0 Å². The molecule has 7 nitrogen and oxygen atoms in total. The zero-order valence-electron chi connectivity index (χ0n) is 11.8. The van der Waals surface area contributed by atoms with E-state index in [4.69, 9.17) is 0 Å². The Balaban J connectivity index is 0.00000200. The van der Waals surface area contributed by atoms with Crippen molar-refractivity contribution >= 4 is 30.3 Å².